The number of aryl methyl sites for hydroxylation is 1. The maximum Gasteiger partial charge on any atom is 0.323 e. The Morgan fingerprint density at radius 3 is 2.70 bits per heavy atom. The Hall–Kier alpha value is -1.40. The molecule has 2 unspecified atom stereocenters. The molecule has 2 aliphatic rings. The number of piperidine rings is 1. The SMILES string of the molecule is Cn1ccnc1C(O)C1CCN(C2CCOC2=O)CC1. The van der Waals surface area contributed by atoms with E-state index in [1.807, 2.05) is 17.8 Å². The van der Waals surface area contributed by atoms with Crippen molar-refractivity contribution in [2.24, 2.45) is 13.0 Å². The Morgan fingerprint density at radius 2 is 2.15 bits per heavy atom. The quantitative estimate of drug-likeness (QED) is 0.815. The standard InChI is InChI=1S/C14H21N3O3/c1-16-8-5-15-13(16)12(18)10-2-6-17(7-3-10)11-4-9-20-14(11)19/h5,8,10-12,18H,2-4,6-7,9H2,1H3. The van der Waals surface area contributed by atoms with Crippen LogP contribution in [0.2, 0.25) is 0 Å². The minimum absolute atomic E-state index is 0.0683. The van der Waals surface area contributed by atoms with Crippen molar-refractivity contribution >= 4 is 5.97 Å². The molecular formula is C14H21N3O3. The van der Waals surface area contributed by atoms with E-state index in [1.54, 1.807) is 6.20 Å². The minimum atomic E-state index is -0.521. The number of ether oxygens (including phenoxy) is 1. The number of esters is 1. The zero-order chi connectivity index (χ0) is 14.1. The molecule has 20 heavy (non-hydrogen) atoms. The molecule has 2 atom stereocenters. The van der Waals surface area contributed by atoms with E-state index < -0.39 is 6.10 Å². The third-order valence-corrected chi connectivity index (χ3v) is 4.49. The number of cyclic esters (lactones) is 1. The second kappa shape index (κ2) is 5.54. The monoisotopic (exact) mass is 279 g/mol. The van der Waals surface area contributed by atoms with Crippen molar-refractivity contribution in [3.63, 3.8) is 0 Å². The first-order valence-corrected chi connectivity index (χ1v) is 7.23. The van der Waals surface area contributed by atoms with Gasteiger partial charge in [0.15, 0.2) is 0 Å². The number of likely N-dealkylation sites (tertiary alicyclic amines) is 1. The summed E-state index contributed by atoms with van der Waals surface area (Å²) in [5.41, 5.74) is 0. The first-order valence-electron chi connectivity index (χ1n) is 7.23. The first-order chi connectivity index (χ1) is 9.66. The van der Waals surface area contributed by atoms with Crippen molar-refractivity contribution in [3.8, 4) is 0 Å². The molecule has 2 aliphatic heterocycles. The molecule has 0 aromatic carbocycles. The van der Waals surface area contributed by atoms with Gasteiger partial charge in [0.05, 0.1) is 6.61 Å². The van der Waals surface area contributed by atoms with Gasteiger partial charge >= 0.3 is 5.97 Å². The predicted molar refractivity (Wildman–Crippen MR) is 71.8 cm³/mol. The van der Waals surface area contributed by atoms with Crippen LogP contribution in [0.25, 0.3) is 0 Å². The first kappa shape index (κ1) is 13.6. The van der Waals surface area contributed by atoms with Crippen molar-refractivity contribution in [1.29, 1.82) is 0 Å². The van der Waals surface area contributed by atoms with Crippen molar-refractivity contribution in [2.75, 3.05) is 19.7 Å². The summed E-state index contributed by atoms with van der Waals surface area (Å²) in [4.78, 5) is 18.0. The molecule has 110 valence electrons. The highest BCUT2D eigenvalue weighted by molar-refractivity contribution is 5.77. The Kier molecular flexibility index (Phi) is 3.76. The molecule has 6 heteroatoms. The second-order valence-corrected chi connectivity index (χ2v) is 5.69. The highest BCUT2D eigenvalue weighted by atomic mass is 16.5. The lowest BCUT2D eigenvalue weighted by Gasteiger charge is -2.35. The molecule has 1 aromatic heterocycles. The average Bonchev–Trinajstić information content (AvgIpc) is 3.07. The van der Waals surface area contributed by atoms with Crippen LogP contribution < -0.4 is 0 Å². The van der Waals surface area contributed by atoms with Gasteiger partial charge in [-0.15, -0.1) is 0 Å². The molecule has 2 saturated heterocycles. The third-order valence-electron chi connectivity index (χ3n) is 4.49. The number of imidazole rings is 1. The van der Waals surface area contributed by atoms with Gasteiger partial charge in [-0.3, -0.25) is 9.69 Å². The van der Waals surface area contributed by atoms with Crippen molar-refractivity contribution in [3.05, 3.63) is 18.2 Å². The van der Waals surface area contributed by atoms with E-state index in [0.29, 0.717) is 6.61 Å². The van der Waals surface area contributed by atoms with Gasteiger partial charge in [0.2, 0.25) is 0 Å². The summed E-state index contributed by atoms with van der Waals surface area (Å²) in [5, 5.41) is 10.4. The molecule has 3 heterocycles. The molecule has 0 amide bonds. The van der Waals surface area contributed by atoms with Crippen LogP contribution in [0.3, 0.4) is 0 Å². The molecule has 3 rings (SSSR count). The van der Waals surface area contributed by atoms with Gasteiger partial charge in [0, 0.05) is 25.9 Å². The molecule has 1 aromatic rings. The Bertz CT molecular complexity index is 480. The number of carbonyl (C=O) groups excluding carboxylic acids is 1. The topological polar surface area (TPSA) is 67.6 Å². The summed E-state index contributed by atoms with van der Waals surface area (Å²) in [6.45, 7) is 2.22. The number of rotatable bonds is 3. The molecular weight excluding hydrogens is 258 g/mol. The fourth-order valence-corrected chi connectivity index (χ4v) is 3.24. The lowest BCUT2D eigenvalue weighted by atomic mass is 9.90. The highest BCUT2D eigenvalue weighted by Crippen LogP contribution is 2.31. The summed E-state index contributed by atoms with van der Waals surface area (Å²) in [6, 6.07) is -0.0683. The molecule has 0 bridgehead atoms. The number of carbonyl (C=O) groups is 1. The largest absolute Gasteiger partial charge is 0.464 e. The van der Waals surface area contributed by atoms with Gasteiger partial charge in [0.1, 0.15) is 18.0 Å². The van der Waals surface area contributed by atoms with Gasteiger partial charge < -0.3 is 14.4 Å². The average molecular weight is 279 g/mol. The minimum Gasteiger partial charge on any atom is -0.464 e. The van der Waals surface area contributed by atoms with Crippen molar-refractivity contribution < 1.29 is 14.6 Å². The summed E-state index contributed by atoms with van der Waals surface area (Å²) >= 11 is 0. The van der Waals surface area contributed by atoms with Crippen LogP contribution in [0.4, 0.5) is 0 Å². The molecule has 0 spiro atoms. The lowest BCUT2D eigenvalue weighted by molar-refractivity contribution is -0.142. The van der Waals surface area contributed by atoms with E-state index in [4.69, 9.17) is 4.74 Å². The van der Waals surface area contributed by atoms with E-state index in [-0.39, 0.29) is 17.9 Å². The zero-order valence-corrected chi connectivity index (χ0v) is 11.7. The van der Waals surface area contributed by atoms with Crippen LogP contribution >= 0.6 is 0 Å². The molecule has 6 nitrogen and oxygen atoms in total. The molecule has 2 fully saturated rings. The van der Waals surface area contributed by atoms with E-state index in [1.165, 1.54) is 0 Å². The smallest absolute Gasteiger partial charge is 0.323 e. The van der Waals surface area contributed by atoms with Crippen LogP contribution in [0.15, 0.2) is 12.4 Å². The van der Waals surface area contributed by atoms with Gasteiger partial charge in [-0.1, -0.05) is 0 Å². The highest BCUT2D eigenvalue weighted by Gasteiger charge is 2.36. The van der Waals surface area contributed by atoms with Gasteiger partial charge in [-0.05, 0) is 31.8 Å². The molecule has 0 aliphatic carbocycles. The number of aliphatic hydroxyl groups is 1. The summed E-state index contributed by atoms with van der Waals surface area (Å²) in [5.74, 6) is 0.849. The summed E-state index contributed by atoms with van der Waals surface area (Å²) in [7, 11) is 1.90. The Morgan fingerprint density at radius 1 is 1.40 bits per heavy atom. The number of aliphatic hydroxyl groups excluding tert-OH is 1. The summed E-state index contributed by atoms with van der Waals surface area (Å²) < 4.78 is 6.89. The number of hydrogen-bond donors (Lipinski definition) is 1. The van der Waals surface area contributed by atoms with Crippen LogP contribution in [0.1, 0.15) is 31.2 Å². The fourth-order valence-electron chi connectivity index (χ4n) is 3.24. The van der Waals surface area contributed by atoms with Gasteiger partial charge in [0.25, 0.3) is 0 Å². The number of aromatic nitrogens is 2. The third kappa shape index (κ3) is 2.45. The fraction of sp³-hybridized carbons (Fsp3) is 0.714. The van der Waals surface area contributed by atoms with Crippen LogP contribution in [-0.4, -0.2) is 51.3 Å². The van der Waals surface area contributed by atoms with Gasteiger partial charge in [-0.25, -0.2) is 4.98 Å². The second-order valence-electron chi connectivity index (χ2n) is 5.69. The molecule has 0 saturated carbocycles. The maximum absolute atomic E-state index is 11.6. The normalized spacial score (nSPS) is 26.7. The Labute approximate surface area is 118 Å². The van der Waals surface area contributed by atoms with Gasteiger partial charge in [-0.2, -0.15) is 0 Å². The number of nitrogens with zero attached hydrogens (tertiary/aromatic N) is 3. The summed E-state index contributed by atoms with van der Waals surface area (Å²) in [6.07, 6.45) is 5.61. The van der Waals surface area contributed by atoms with E-state index in [2.05, 4.69) is 9.88 Å². The maximum atomic E-state index is 11.6. The van der Waals surface area contributed by atoms with Crippen LogP contribution in [0, 0.1) is 5.92 Å². The van der Waals surface area contributed by atoms with E-state index in [9.17, 15) is 9.90 Å². The van der Waals surface area contributed by atoms with Crippen molar-refractivity contribution in [1.82, 2.24) is 14.5 Å². The Balaban J connectivity index is 1.58. The van der Waals surface area contributed by atoms with E-state index in [0.717, 1.165) is 38.2 Å². The molecule has 1 N–H and O–H groups in total. The van der Waals surface area contributed by atoms with Crippen LogP contribution in [0.5, 0.6) is 0 Å². The predicted octanol–water partition coefficient (Wildman–Crippen LogP) is 0.481. The molecule has 0 radical (unpaired) electrons. The zero-order valence-electron chi connectivity index (χ0n) is 11.7. The number of hydrogen-bond acceptors (Lipinski definition) is 5. The van der Waals surface area contributed by atoms with E-state index >= 15 is 0 Å². The van der Waals surface area contributed by atoms with Crippen LogP contribution in [-0.2, 0) is 16.6 Å². The lowest BCUT2D eigenvalue weighted by Crippen LogP contribution is -2.44. The van der Waals surface area contributed by atoms with Crippen molar-refractivity contribution in [2.45, 2.75) is 31.4 Å².